The molecular formula is C21H20ClN3O2. The van der Waals surface area contributed by atoms with Crippen LogP contribution < -0.4 is 10.2 Å². The summed E-state index contributed by atoms with van der Waals surface area (Å²) in [7, 11) is 0. The van der Waals surface area contributed by atoms with Crippen LogP contribution in [-0.4, -0.2) is 30.0 Å². The molecule has 1 atom stereocenters. The fraction of sp³-hybridized carbons (Fsp3) is 0.238. The Labute approximate surface area is 162 Å². The largest absolute Gasteiger partial charge is 0.423 e. The summed E-state index contributed by atoms with van der Waals surface area (Å²) < 4.78 is 5.88. The van der Waals surface area contributed by atoms with E-state index in [1.807, 2.05) is 42.5 Å². The number of benzene rings is 2. The van der Waals surface area contributed by atoms with Crippen LogP contribution in [0.5, 0.6) is 0 Å². The first kappa shape index (κ1) is 17.6. The molecule has 0 radical (unpaired) electrons. The Balaban J connectivity index is 1.38. The van der Waals surface area contributed by atoms with Crippen LogP contribution in [-0.2, 0) is 4.79 Å². The van der Waals surface area contributed by atoms with Gasteiger partial charge < -0.3 is 14.6 Å². The Morgan fingerprint density at radius 1 is 1.26 bits per heavy atom. The molecule has 0 bridgehead atoms. The van der Waals surface area contributed by atoms with Crippen LogP contribution in [0.1, 0.15) is 18.4 Å². The lowest BCUT2D eigenvalue weighted by molar-refractivity contribution is -0.116. The third-order valence-corrected chi connectivity index (χ3v) is 5.08. The molecule has 1 saturated heterocycles. The fourth-order valence-electron chi connectivity index (χ4n) is 3.34. The number of hydrogen-bond acceptors (Lipinski definition) is 4. The number of nitrogens with zero attached hydrogens (tertiary/aromatic N) is 2. The van der Waals surface area contributed by atoms with Crippen molar-refractivity contribution >= 4 is 40.7 Å². The van der Waals surface area contributed by atoms with E-state index in [0.717, 1.165) is 36.0 Å². The first-order valence-corrected chi connectivity index (χ1v) is 9.41. The van der Waals surface area contributed by atoms with Crippen LogP contribution >= 0.6 is 11.6 Å². The van der Waals surface area contributed by atoms with Crippen LogP contribution in [0.2, 0.25) is 5.02 Å². The van der Waals surface area contributed by atoms with Crippen molar-refractivity contribution in [1.82, 2.24) is 10.3 Å². The molecule has 27 heavy (non-hydrogen) atoms. The number of oxazole rings is 1. The highest BCUT2D eigenvalue weighted by molar-refractivity contribution is 6.32. The lowest BCUT2D eigenvalue weighted by Crippen LogP contribution is -2.39. The van der Waals surface area contributed by atoms with Crippen molar-refractivity contribution in [3.63, 3.8) is 0 Å². The topological polar surface area (TPSA) is 58.4 Å². The number of rotatable bonds is 5. The molecule has 5 nitrogen and oxygen atoms in total. The number of nitrogens with one attached hydrogen (secondary N) is 1. The summed E-state index contributed by atoms with van der Waals surface area (Å²) in [5, 5.41) is 3.59. The van der Waals surface area contributed by atoms with E-state index in [1.165, 1.54) is 6.08 Å². The summed E-state index contributed by atoms with van der Waals surface area (Å²) >= 11 is 6.10. The zero-order valence-electron chi connectivity index (χ0n) is 14.8. The lowest BCUT2D eigenvalue weighted by Gasteiger charge is -2.22. The van der Waals surface area contributed by atoms with Gasteiger partial charge in [-0.2, -0.15) is 4.98 Å². The first-order valence-electron chi connectivity index (χ1n) is 9.03. The maximum Gasteiger partial charge on any atom is 0.298 e. The van der Waals surface area contributed by atoms with Crippen molar-refractivity contribution in [3.8, 4) is 0 Å². The molecule has 6 heteroatoms. The zero-order valence-corrected chi connectivity index (χ0v) is 15.5. The molecule has 1 amide bonds. The number of amides is 1. The minimum atomic E-state index is -0.140. The minimum Gasteiger partial charge on any atom is -0.423 e. The van der Waals surface area contributed by atoms with Gasteiger partial charge in [-0.25, -0.2) is 0 Å². The standard InChI is InChI=1S/C21H20ClN3O2/c22-17-8-2-1-6-15(17)11-12-20(26)23-14-16-7-5-13-25(16)21-24-18-9-3-4-10-19(18)27-21/h1-4,6,8-12,16H,5,7,13-14H2,(H,23,26)/b12-11+. The number of carbonyl (C=O) groups is 1. The van der Waals surface area contributed by atoms with Crippen molar-refractivity contribution in [1.29, 1.82) is 0 Å². The van der Waals surface area contributed by atoms with Gasteiger partial charge in [-0.05, 0) is 42.7 Å². The van der Waals surface area contributed by atoms with Crippen LogP contribution in [0.4, 0.5) is 6.01 Å². The number of anilines is 1. The molecule has 1 fully saturated rings. The quantitative estimate of drug-likeness (QED) is 0.670. The molecule has 138 valence electrons. The molecular weight excluding hydrogens is 362 g/mol. The number of halogens is 1. The average molecular weight is 382 g/mol. The number of carbonyl (C=O) groups excluding carboxylic acids is 1. The zero-order chi connectivity index (χ0) is 18.6. The molecule has 3 aromatic rings. The van der Waals surface area contributed by atoms with Gasteiger partial charge in [0.05, 0.1) is 6.04 Å². The normalized spacial score (nSPS) is 17.1. The number of hydrogen-bond donors (Lipinski definition) is 1. The molecule has 1 aliphatic rings. The van der Waals surface area contributed by atoms with E-state index in [1.54, 1.807) is 12.1 Å². The SMILES string of the molecule is O=C(/C=C/c1ccccc1Cl)NCC1CCCN1c1nc2ccccc2o1. The molecule has 1 aliphatic heterocycles. The van der Waals surface area contributed by atoms with Gasteiger partial charge in [0.25, 0.3) is 6.01 Å². The molecule has 1 N–H and O–H groups in total. The van der Waals surface area contributed by atoms with Gasteiger partial charge in [-0.15, -0.1) is 0 Å². The Morgan fingerprint density at radius 3 is 2.93 bits per heavy atom. The summed E-state index contributed by atoms with van der Waals surface area (Å²) in [4.78, 5) is 18.9. The smallest absolute Gasteiger partial charge is 0.298 e. The van der Waals surface area contributed by atoms with Gasteiger partial charge in [0, 0.05) is 24.2 Å². The number of fused-ring (bicyclic) bond motifs is 1. The maximum atomic E-state index is 12.2. The van der Waals surface area contributed by atoms with E-state index in [-0.39, 0.29) is 11.9 Å². The monoisotopic (exact) mass is 381 g/mol. The second kappa shape index (κ2) is 7.84. The van der Waals surface area contributed by atoms with Crippen molar-refractivity contribution in [3.05, 3.63) is 65.2 Å². The molecule has 0 saturated carbocycles. The number of para-hydroxylation sites is 2. The highest BCUT2D eigenvalue weighted by Crippen LogP contribution is 2.28. The highest BCUT2D eigenvalue weighted by atomic mass is 35.5. The Bertz CT molecular complexity index is 949. The van der Waals surface area contributed by atoms with Crippen molar-refractivity contribution in [2.75, 3.05) is 18.0 Å². The molecule has 2 aromatic carbocycles. The average Bonchev–Trinajstić information content (AvgIpc) is 3.31. The van der Waals surface area contributed by atoms with Gasteiger partial charge >= 0.3 is 0 Å². The summed E-state index contributed by atoms with van der Waals surface area (Å²) in [5.41, 5.74) is 2.46. The number of aromatic nitrogens is 1. The predicted molar refractivity (Wildman–Crippen MR) is 108 cm³/mol. The lowest BCUT2D eigenvalue weighted by atomic mass is 10.2. The predicted octanol–water partition coefficient (Wildman–Crippen LogP) is 4.28. The van der Waals surface area contributed by atoms with E-state index in [4.69, 9.17) is 16.0 Å². The molecule has 4 rings (SSSR count). The summed E-state index contributed by atoms with van der Waals surface area (Å²) in [6.45, 7) is 1.42. The summed E-state index contributed by atoms with van der Waals surface area (Å²) in [5.74, 6) is -0.140. The third kappa shape index (κ3) is 3.98. The van der Waals surface area contributed by atoms with Gasteiger partial charge in [0.15, 0.2) is 5.58 Å². The van der Waals surface area contributed by atoms with E-state index in [0.29, 0.717) is 17.6 Å². The Kier molecular flexibility index (Phi) is 5.12. The summed E-state index contributed by atoms with van der Waals surface area (Å²) in [6, 6.07) is 16.0. The van der Waals surface area contributed by atoms with E-state index < -0.39 is 0 Å². The van der Waals surface area contributed by atoms with Crippen molar-refractivity contribution < 1.29 is 9.21 Å². The second-order valence-corrected chi connectivity index (χ2v) is 6.96. The second-order valence-electron chi connectivity index (χ2n) is 6.55. The molecule has 1 aromatic heterocycles. The van der Waals surface area contributed by atoms with Gasteiger partial charge in [-0.1, -0.05) is 41.9 Å². The fourth-order valence-corrected chi connectivity index (χ4v) is 3.53. The van der Waals surface area contributed by atoms with Gasteiger partial charge in [0.2, 0.25) is 5.91 Å². The maximum absolute atomic E-state index is 12.2. The van der Waals surface area contributed by atoms with Gasteiger partial charge in [-0.3, -0.25) is 4.79 Å². The Morgan fingerprint density at radius 2 is 2.07 bits per heavy atom. The van der Waals surface area contributed by atoms with E-state index >= 15 is 0 Å². The molecule has 1 unspecified atom stereocenters. The highest BCUT2D eigenvalue weighted by Gasteiger charge is 2.28. The van der Waals surface area contributed by atoms with Crippen LogP contribution in [0.3, 0.4) is 0 Å². The van der Waals surface area contributed by atoms with Crippen molar-refractivity contribution in [2.45, 2.75) is 18.9 Å². The summed E-state index contributed by atoms with van der Waals surface area (Å²) in [6.07, 6.45) is 5.28. The molecule has 2 heterocycles. The van der Waals surface area contributed by atoms with Crippen LogP contribution in [0.15, 0.2) is 59.0 Å². The van der Waals surface area contributed by atoms with Crippen LogP contribution in [0, 0.1) is 0 Å². The van der Waals surface area contributed by atoms with Gasteiger partial charge in [0.1, 0.15) is 5.52 Å². The minimum absolute atomic E-state index is 0.140. The van der Waals surface area contributed by atoms with E-state index in [2.05, 4.69) is 15.2 Å². The van der Waals surface area contributed by atoms with Crippen LogP contribution in [0.25, 0.3) is 17.2 Å². The first-order chi connectivity index (χ1) is 13.2. The molecule has 0 spiro atoms. The molecule has 0 aliphatic carbocycles. The Hall–Kier alpha value is -2.79. The third-order valence-electron chi connectivity index (χ3n) is 4.74. The van der Waals surface area contributed by atoms with Crippen molar-refractivity contribution in [2.24, 2.45) is 0 Å². The van der Waals surface area contributed by atoms with E-state index in [9.17, 15) is 4.79 Å².